The Kier molecular flexibility index (Phi) is 6.84. The molecular formula is C26H23Cl2N3O3S. The Balaban J connectivity index is 1.46. The van der Waals surface area contributed by atoms with Gasteiger partial charge in [-0.25, -0.2) is 8.42 Å². The molecule has 0 spiro atoms. The Hall–Kier alpha value is -2.84. The minimum absolute atomic E-state index is 0.0960. The molecule has 0 N–H and O–H groups in total. The maximum Gasteiger partial charge on any atom is 0.236 e. The van der Waals surface area contributed by atoms with E-state index in [1.54, 1.807) is 36.4 Å². The molecule has 3 aromatic carbocycles. The molecule has 0 saturated carbocycles. The van der Waals surface area contributed by atoms with Crippen LogP contribution in [0.2, 0.25) is 10.0 Å². The van der Waals surface area contributed by atoms with Crippen molar-refractivity contribution in [1.29, 1.82) is 0 Å². The van der Waals surface area contributed by atoms with Crippen molar-refractivity contribution in [2.75, 3.05) is 31.1 Å². The van der Waals surface area contributed by atoms with E-state index in [9.17, 15) is 8.42 Å². The fraction of sp³-hybridized carbons (Fsp3) is 0.192. The number of aromatic nitrogens is 1. The van der Waals surface area contributed by atoms with Crippen molar-refractivity contribution in [1.82, 2.24) is 9.88 Å². The van der Waals surface area contributed by atoms with Gasteiger partial charge in [0.1, 0.15) is 0 Å². The molecule has 35 heavy (non-hydrogen) atoms. The molecule has 2 heterocycles. The molecule has 0 amide bonds. The summed E-state index contributed by atoms with van der Waals surface area (Å²) in [6.07, 6.45) is 0. The molecule has 0 bridgehead atoms. The molecule has 4 aromatic rings. The third-order valence-corrected chi connectivity index (χ3v) is 8.13. The molecular weight excluding hydrogens is 505 g/mol. The van der Waals surface area contributed by atoms with Crippen LogP contribution in [0.5, 0.6) is 0 Å². The van der Waals surface area contributed by atoms with E-state index in [0.29, 0.717) is 28.7 Å². The lowest BCUT2D eigenvalue weighted by Crippen LogP contribution is -2.46. The second-order valence-electron chi connectivity index (χ2n) is 8.34. The van der Waals surface area contributed by atoms with Crippen LogP contribution in [0.3, 0.4) is 0 Å². The largest absolute Gasteiger partial charge is 0.419 e. The topological polar surface area (TPSA) is 66.7 Å². The molecule has 1 saturated heterocycles. The van der Waals surface area contributed by atoms with E-state index in [-0.39, 0.29) is 21.7 Å². The van der Waals surface area contributed by atoms with Crippen LogP contribution in [0.1, 0.15) is 5.56 Å². The zero-order valence-corrected chi connectivity index (χ0v) is 21.1. The maximum atomic E-state index is 13.6. The van der Waals surface area contributed by atoms with Crippen molar-refractivity contribution in [3.63, 3.8) is 0 Å². The van der Waals surface area contributed by atoms with Crippen molar-refractivity contribution < 1.29 is 12.8 Å². The molecule has 1 aliphatic rings. The number of benzene rings is 3. The fourth-order valence-corrected chi connectivity index (χ4v) is 5.64. The minimum Gasteiger partial charge on any atom is -0.419 e. The molecule has 5 rings (SSSR count). The molecule has 1 aliphatic heterocycles. The number of halogens is 2. The highest BCUT2D eigenvalue weighted by Gasteiger charge is 2.32. The van der Waals surface area contributed by atoms with Crippen LogP contribution in [-0.4, -0.2) is 44.5 Å². The maximum absolute atomic E-state index is 13.6. The smallest absolute Gasteiger partial charge is 0.236 e. The Labute approximate surface area is 214 Å². The third kappa shape index (κ3) is 5.23. The summed E-state index contributed by atoms with van der Waals surface area (Å²) in [6, 6.07) is 23.3. The number of rotatable bonds is 6. The molecule has 0 radical (unpaired) electrons. The number of hydrogen-bond donors (Lipinski definition) is 0. The summed E-state index contributed by atoms with van der Waals surface area (Å²) in [4.78, 5) is 8.87. The van der Waals surface area contributed by atoms with Crippen LogP contribution in [0.4, 0.5) is 5.88 Å². The Morgan fingerprint density at radius 2 is 1.40 bits per heavy atom. The molecule has 0 unspecified atom stereocenters. The third-order valence-electron chi connectivity index (χ3n) is 5.96. The first-order valence-electron chi connectivity index (χ1n) is 11.2. The molecule has 1 aromatic heterocycles. The van der Waals surface area contributed by atoms with Gasteiger partial charge in [0.05, 0.1) is 4.90 Å². The lowest BCUT2D eigenvalue weighted by molar-refractivity contribution is 0.245. The number of nitrogens with zero attached hydrogens (tertiary/aromatic N) is 3. The van der Waals surface area contributed by atoms with Crippen molar-refractivity contribution in [2.45, 2.75) is 16.5 Å². The quantitative estimate of drug-likeness (QED) is 0.315. The van der Waals surface area contributed by atoms with Gasteiger partial charge >= 0.3 is 0 Å². The molecule has 6 nitrogen and oxygen atoms in total. The Bertz CT molecular complexity index is 1400. The fourth-order valence-electron chi connectivity index (χ4n) is 4.06. The van der Waals surface area contributed by atoms with Crippen molar-refractivity contribution in [3.05, 3.63) is 94.5 Å². The average molecular weight is 528 g/mol. The second kappa shape index (κ2) is 10.0. The van der Waals surface area contributed by atoms with Gasteiger partial charge in [0.25, 0.3) is 0 Å². The van der Waals surface area contributed by atoms with Gasteiger partial charge in [-0.3, -0.25) is 4.90 Å². The highest BCUT2D eigenvalue weighted by atomic mass is 35.5. The summed E-state index contributed by atoms with van der Waals surface area (Å²) in [5.74, 6) is 0.486. The van der Waals surface area contributed by atoms with Gasteiger partial charge in [0, 0.05) is 48.3 Å². The van der Waals surface area contributed by atoms with Crippen LogP contribution < -0.4 is 4.90 Å². The zero-order chi connectivity index (χ0) is 24.4. The summed E-state index contributed by atoms with van der Waals surface area (Å²) >= 11 is 12.0. The first kappa shape index (κ1) is 23.9. The Morgan fingerprint density at radius 3 is 2.03 bits per heavy atom. The summed E-state index contributed by atoms with van der Waals surface area (Å²) < 4.78 is 33.3. The zero-order valence-electron chi connectivity index (χ0n) is 18.8. The van der Waals surface area contributed by atoms with Gasteiger partial charge in [-0.05, 0) is 54.1 Å². The SMILES string of the molecule is O=S(=O)(c1ccc(Cl)cc1)c1nc(-c2ccc(Cl)cc2)oc1N1CCN(Cc2ccccc2)CC1. The van der Waals surface area contributed by atoms with Gasteiger partial charge in [0.15, 0.2) is 0 Å². The van der Waals surface area contributed by atoms with Crippen LogP contribution in [0, 0.1) is 0 Å². The van der Waals surface area contributed by atoms with E-state index in [1.165, 1.54) is 17.7 Å². The molecule has 0 aliphatic carbocycles. The van der Waals surface area contributed by atoms with E-state index < -0.39 is 9.84 Å². The first-order valence-corrected chi connectivity index (χ1v) is 13.4. The van der Waals surface area contributed by atoms with E-state index in [0.717, 1.165) is 19.6 Å². The van der Waals surface area contributed by atoms with Gasteiger partial charge in [0.2, 0.25) is 26.6 Å². The summed E-state index contributed by atoms with van der Waals surface area (Å²) in [7, 11) is -3.94. The van der Waals surface area contributed by atoms with Crippen LogP contribution in [0.25, 0.3) is 11.5 Å². The van der Waals surface area contributed by atoms with E-state index in [1.807, 2.05) is 23.1 Å². The predicted octanol–water partition coefficient (Wildman–Crippen LogP) is 5.80. The first-order chi connectivity index (χ1) is 16.9. The standard InChI is InChI=1S/C26H23Cl2N3O3S/c27-21-8-6-20(7-9-21)24-29-25(35(32,33)23-12-10-22(28)11-13-23)26(34-24)31-16-14-30(15-17-31)18-19-4-2-1-3-5-19/h1-13H,14-18H2. The van der Waals surface area contributed by atoms with Crippen LogP contribution in [-0.2, 0) is 16.4 Å². The number of hydrogen-bond acceptors (Lipinski definition) is 6. The van der Waals surface area contributed by atoms with E-state index in [2.05, 4.69) is 22.0 Å². The van der Waals surface area contributed by atoms with E-state index >= 15 is 0 Å². The number of oxazole rings is 1. The normalized spacial score (nSPS) is 14.9. The molecule has 0 atom stereocenters. The summed E-state index contributed by atoms with van der Waals surface area (Å²) in [5.41, 5.74) is 1.90. The second-order valence-corrected chi connectivity index (χ2v) is 11.1. The van der Waals surface area contributed by atoms with Crippen LogP contribution >= 0.6 is 23.2 Å². The number of anilines is 1. The summed E-state index contributed by atoms with van der Waals surface area (Å²) in [5, 5.41) is 0.936. The predicted molar refractivity (Wildman–Crippen MR) is 138 cm³/mol. The highest BCUT2D eigenvalue weighted by molar-refractivity contribution is 7.91. The summed E-state index contributed by atoms with van der Waals surface area (Å²) in [6.45, 7) is 3.62. The average Bonchev–Trinajstić information content (AvgIpc) is 3.32. The molecule has 180 valence electrons. The monoisotopic (exact) mass is 527 g/mol. The minimum atomic E-state index is -3.94. The number of sulfone groups is 1. The lowest BCUT2D eigenvalue weighted by Gasteiger charge is -2.34. The van der Waals surface area contributed by atoms with Crippen molar-refractivity contribution >= 4 is 38.9 Å². The van der Waals surface area contributed by atoms with Gasteiger partial charge in [-0.15, -0.1) is 0 Å². The molecule has 9 heteroatoms. The van der Waals surface area contributed by atoms with Gasteiger partial charge in [-0.1, -0.05) is 53.5 Å². The number of piperazine rings is 1. The van der Waals surface area contributed by atoms with Crippen molar-refractivity contribution in [3.8, 4) is 11.5 Å². The lowest BCUT2D eigenvalue weighted by atomic mass is 10.2. The van der Waals surface area contributed by atoms with Gasteiger partial charge in [-0.2, -0.15) is 4.98 Å². The van der Waals surface area contributed by atoms with Crippen molar-refractivity contribution in [2.24, 2.45) is 0 Å². The van der Waals surface area contributed by atoms with E-state index in [4.69, 9.17) is 27.6 Å². The van der Waals surface area contributed by atoms with Crippen LogP contribution in [0.15, 0.2) is 93.2 Å². The molecule has 1 fully saturated rings. The Morgan fingerprint density at radius 1 is 0.800 bits per heavy atom. The van der Waals surface area contributed by atoms with Gasteiger partial charge < -0.3 is 9.32 Å². The highest BCUT2D eigenvalue weighted by Crippen LogP contribution is 2.35.